The van der Waals surface area contributed by atoms with Crippen molar-refractivity contribution in [2.45, 2.75) is 51.2 Å². The van der Waals surface area contributed by atoms with E-state index < -0.39 is 0 Å². The van der Waals surface area contributed by atoms with Crippen LogP contribution in [-0.4, -0.2) is 28.3 Å². The normalized spacial score (nSPS) is 22.9. The van der Waals surface area contributed by atoms with Crippen molar-refractivity contribution in [1.82, 2.24) is 5.32 Å². The summed E-state index contributed by atoms with van der Waals surface area (Å²) in [6.45, 7) is 2.06. The van der Waals surface area contributed by atoms with E-state index in [2.05, 4.69) is 12.2 Å². The van der Waals surface area contributed by atoms with E-state index in [0.717, 1.165) is 24.8 Å². The van der Waals surface area contributed by atoms with E-state index in [1.165, 1.54) is 0 Å². The lowest BCUT2D eigenvalue weighted by atomic mass is 9.76. The molecule has 0 bridgehead atoms. The van der Waals surface area contributed by atoms with E-state index in [4.69, 9.17) is 0 Å². The Morgan fingerprint density at radius 1 is 1.45 bits per heavy atom. The molecule has 0 saturated heterocycles. The first-order valence-electron chi connectivity index (χ1n) is 7.33. The van der Waals surface area contributed by atoms with Crippen LogP contribution in [0.3, 0.4) is 0 Å². The standard InChI is InChI=1S/C16H23NO3/c1-2-15(12-9-14(19)10-12)17-16(20)7-6-11-4-3-5-13(18)8-11/h3-5,8,12,14-15,18-19H,2,6-7,9-10H2,1H3,(H,17,20)/t12?,14?,15-/m1/s1. The van der Waals surface area contributed by atoms with Crippen molar-refractivity contribution in [1.29, 1.82) is 0 Å². The van der Waals surface area contributed by atoms with Crippen LogP contribution < -0.4 is 5.32 Å². The lowest BCUT2D eigenvalue weighted by molar-refractivity contribution is -0.123. The number of aliphatic hydroxyl groups is 1. The highest BCUT2D eigenvalue weighted by molar-refractivity contribution is 5.76. The molecule has 2 rings (SSSR count). The summed E-state index contributed by atoms with van der Waals surface area (Å²) < 4.78 is 0. The van der Waals surface area contributed by atoms with Gasteiger partial charge in [0, 0.05) is 12.5 Å². The number of aromatic hydroxyl groups is 1. The van der Waals surface area contributed by atoms with Gasteiger partial charge in [-0.2, -0.15) is 0 Å². The van der Waals surface area contributed by atoms with Crippen molar-refractivity contribution in [3.63, 3.8) is 0 Å². The molecule has 1 aliphatic carbocycles. The maximum atomic E-state index is 12.0. The summed E-state index contributed by atoms with van der Waals surface area (Å²) in [7, 11) is 0. The largest absolute Gasteiger partial charge is 0.508 e. The van der Waals surface area contributed by atoms with Crippen molar-refractivity contribution < 1.29 is 15.0 Å². The SMILES string of the molecule is CC[C@@H](NC(=O)CCc1cccc(O)c1)C1CC(O)C1. The molecule has 4 nitrogen and oxygen atoms in total. The molecule has 0 unspecified atom stereocenters. The maximum Gasteiger partial charge on any atom is 0.220 e. The number of aliphatic hydroxyl groups excluding tert-OH is 1. The molecule has 4 heteroatoms. The van der Waals surface area contributed by atoms with Crippen LogP contribution in [0.5, 0.6) is 5.75 Å². The minimum Gasteiger partial charge on any atom is -0.508 e. The summed E-state index contributed by atoms with van der Waals surface area (Å²) in [4.78, 5) is 12.0. The lowest BCUT2D eigenvalue weighted by Crippen LogP contribution is -2.46. The van der Waals surface area contributed by atoms with Crippen LogP contribution in [0.1, 0.15) is 38.2 Å². The van der Waals surface area contributed by atoms with Gasteiger partial charge >= 0.3 is 0 Å². The van der Waals surface area contributed by atoms with Crippen molar-refractivity contribution >= 4 is 5.91 Å². The number of hydrogen-bond acceptors (Lipinski definition) is 3. The second-order valence-electron chi connectivity index (χ2n) is 5.64. The zero-order valence-electron chi connectivity index (χ0n) is 11.9. The Morgan fingerprint density at radius 3 is 2.80 bits per heavy atom. The van der Waals surface area contributed by atoms with E-state index in [-0.39, 0.29) is 23.8 Å². The summed E-state index contributed by atoms with van der Waals surface area (Å²) in [6.07, 6.45) is 3.36. The van der Waals surface area contributed by atoms with Crippen LogP contribution in [0.15, 0.2) is 24.3 Å². The van der Waals surface area contributed by atoms with Crippen LogP contribution in [-0.2, 0) is 11.2 Å². The molecule has 1 aromatic carbocycles. The van der Waals surface area contributed by atoms with E-state index >= 15 is 0 Å². The first-order chi connectivity index (χ1) is 9.58. The number of nitrogens with one attached hydrogen (secondary N) is 1. The topological polar surface area (TPSA) is 69.6 Å². The predicted molar refractivity (Wildman–Crippen MR) is 77.4 cm³/mol. The van der Waals surface area contributed by atoms with Crippen LogP contribution in [0.4, 0.5) is 0 Å². The number of rotatable bonds is 6. The second kappa shape index (κ2) is 6.75. The van der Waals surface area contributed by atoms with Crippen molar-refractivity contribution in [2.75, 3.05) is 0 Å². The fraction of sp³-hybridized carbons (Fsp3) is 0.562. The van der Waals surface area contributed by atoms with Crippen molar-refractivity contribution in [3.8, 4) is 5.75 Å². The molecule has 110 valence electrons. The van der Waals surface area contributed by atoms with Crippen LogP contribution in [0, 0.1) is 5.92 Å². The van der Waals surface area contributed by atoms with E-state index in [1.807, 2.05) is 6.07 Å². The van der Waals surface area contributed by atoms with Gasteiger partial charge in [0.1, 0.15) is 5.75 Å². The Kier molecular flexibility index (Phi) is 5.01. The molecule has 1 fully saturated rings. The van der Waals surface area contributed by atoms with Crippen LogP contribution >= 0.6 is 0 Å². The molecular weight excluding hydrogens is 254 g/mol. The van der Waals surface area contributed by atoms with Gasteiger partial charge in [0.2, 0.25) is 5.91 Å². The lowest BCUT2D eigenvalue weighted by Gasteiger charge is -2.37. The minimum atomic E-state index is -0.182. The van der Waals surface area contributed by atoms with Gasteiger partial charge in [-0.25, -0.2) is 0 Å². The molecule has 0 heterocycles. The fourth-order valence-electron chi connectivity index (χ4n) is 2.76. The minimum absolute atomic E-state index is 0.0431. The van der Waals surface area contributed by atoms with Gasteiger partial charge < -0.3 is 15.5 Å². The second-order valence-corrected chi connectivity index (χ2v) is 5.64. The highest BCUT2D eigenvalue weighted by atomic mass is 16.3. The zero-order valence-corrected chi connectivity index (χ0v) is 11.9. The number of aryl methyl sites for hydroxylation is 1. The summed E-state index contributed by atoms with van der Waals surface area (Å²) in [5.41, 5.74) is 0.965. The van der Waals surface area contributed by atoms with Crippen LogP contribution in [0.25, 0.3) is 0 Å². The molecule has 1 saturated carbocycles. The monoisotopic (exact) mass is 277 g/mol. The fourth-order valence-corrected chi connectivity index (χ4v) is 2.76. The van der Waals surface area contributed by atoms with Gasteiger partial charge in [0.05, 0.1) is 6.10 Å². The van der Waals surface area contributed by atoms with Crippen molar-refractivity contribution in [2.24, 2.45) is 5.92 Å². The van der Waals surface area contributed by atoms with E-state index in [1.54, 1.807) is 18.2 Å². The van der Waals surface area contributed by atoms with Gasteiger partial charge in [0.15, 0.2) is 0 Å². The molecule has 1 aromatic rings. The third-order valence-electron chi connectivity index (χ3n) is 4.06. The highest BCUT2D eigenvalue weighted by Gasteiger charge is 2.33. The molecule has 0 radical (unpaired) electrons. The molecule has 0 aliphatic heterocycles. The number of carbonyl (C=O) groups excluding carboxylic acids is 1. The van der Waals surface area contributed by atoms with Gasteiger partial charge in [-0.05, 0) is 49.3 Å². The Morgan fingerprint density at radius 2 is 2.20 bits per heavy atom. The molecule has 20 heavy (non-hydrogen) atoms. The predicted octanol–water partition coefficient (Wildman–Crippen LogP) is 1.99. The zero-order chi connectivity index (χ0) is 14.5. The Bertz CT molecular complexity index is 455. The highest BCUT2D eigenvalue weighted by Crippen LogP contribution is 2.31. The third kappa shape index (κ3) is 3.97. The summed E-state index contributed by atoms with van der Waals surface area (Å²) in [5, 5.41) is 21.8. The number of hydrogen-bond donors (Lipinski definition) is 3. The molecule has 0 aromatic heterocycles. The molecule has 1 amide bonds. The molecule has 1 atom stereocenters. The molecule has 3 N–H and O–H groups in total. The van der Waals surface area contributed by atoms with Crippen molar-refractivity contribution in [3.05, 3.63) is 29.8 Å². The quantitative estimate of drug-likeness (QED) is 0.745. The third-order valence-corrected chi connectivity index (χ3v) is 4.06. The summed E-state index contributed by atoms with van der Waals surface area (Å²) in [5.74, 6) is 0.694. The average molecular weight is 277 g/mol. The van der Waals surface area contributed by atoms with Gasteiger partial charge in [-0.1, -0.05) is 19.1 Å². The number of phenols is 1. The Hall–Kier alpha value is -1.55. The van der Waals surface area contributed by atoms with Gasteiger partial charge in [-0.3, -0.25) is 4.79 Å². The average Bonchev–Trinajstić information content (AvgIpc) is 2.39. The first-order valence-corrected chi connectivity index (χ1v) is 7.33. The molecule has 0 spiro atoms. The Balaban J connectivity index is 1.77. The summed E-state index contributed by atoms with van der Waals surface area (Å²) in [6, 6.07) is 7.18. The summed E-state index contributed by atoms with van der Waals surface area (Å²) >= 11 is 0. The maximum absolute atomic E-state index is 12.0. The van der Waals surface area contributed by atoms with E-state index in [9.17, 15) is 15.0 Å². The molecule has 1 aliphatic rings. The van der Waals surface area contributed by atoms with Crippen LogP contribution in [0.2, 0.25) is 0 Å². The number of phenolic OH excluding ortho intramolecular Hbond substituents is 1. The molecular formula is C16H23NO3. The van der Waals surface area contributed by atoms with E-state index in [0.29, 0.717) is 18.8 Å². The number of amides is 1. The van der Waals surface area contributed by atoms with Gasteiger partial charge in [-0.15, -0.1) is 0 Å². The smallest absolute Gasteiger partial charge is 0.220 e. The number of carbonyl (C=O) groups is 1. The number of benzene rings is 1. The first kappa shape index (κ1) is 14.9. The van der Waals surface area contributed by atoms with Gasteiger partial charge in [0.25, 0.3) is 0 Å². The Labute approximate surface area is 119 Å².